The Balaban J connectivity index is 1.89. The van der Waals surface area contributed by atoms with Crippen LogP contribution < -0.4 is 14.2 Å². The number of methoxy groups -OCH3 is 1. The number of nitrogens with zero attached hydrogens (tertiary/aromatic N) is 1. The lowest BCUT2D eigenvalue weighted by Crippen LogP contribution is -2.05. The average molecular weight is 412 g/mol. The lowest BCUT2D eigenvalue weighted by molar-refractivity contribution is -0.129. The summed E-state index contributed by atoms with van der Waals surface area (Å²) in [6, 6.07) is 10.4. The number of rotatable bonds is 7. The Hall–Kier alpha value is -3.43. The van der Waals surface area contributed by atoms with Gasteiger partial charge in [-0.3, -0.25) is 0 Å². The largest absolute Gasteiger partial charge is 0.494 e. The van der Waals surface area contributed by atoms with Crippen LogP contribution in [0.1, 0.15) is 18.1 Å². The van der Waals surface area contributed by atoms with Crippen molar-refractivity contribution in [1.82, 2.24) is 0 Å². The van der Waals surface area contributed by atoms with Crippen molar-refractivity contribution in [3.05, 3.63) is 58.2 Å². The number of halogens is 1. The van der Waals surface area contributed by atoms with E-state index in [2.05, 4.69) is 10.9 Å². The molecular weight excluding hydrogens is 394 g/mol. The summed E-state index contributed by atoms with van der Waals surface area (Å²) in [4.78, 5) is 16.5. The second-order valence-corrected chi connectivity index (χ2v) is 6.23. The highest BCUT2D eigenvalue weighted by Crippen LogP contribution is 2.37. The fraction of sp³-hybridized carbons (Fsp3) is 0.182. The van der Waals surface area contributed by atoms with Gasteiger partial charge >= 0.3 is 5.97 Å². The summed E-state index contributed by atoms with van der Waals surface area (Å²) in [5.74, 6) is 3.48. The quantitative estimate of drug-likeness (QED) is 0.390. The summed E-state index contributed by atoms with van der Waals surface area (Å²) in [6.07, 6.45) is 6.77. The second-order valence-electron chi connectivity index (χ2n) is 5.82. The topological polar surface area (TPSA) is 66.3 Å². The molecule has 2 aromatic carbocycles. The lowest BCUT2D eigenvalue weighted by atomic mass is 10.1. The van der Waals surface area contributed by atoms with E-state index in [1.165, 1.54) is 7.11 Å². The zero-order chi connectivity index (χ0) is 20.8. The third-order valence-corrected chi connectivity index (χ3v) is 4.17. The number of hydrogen-bond acceptors (Lipinski definition) is 6. The molecule has 2 aromatic rings. The van der Waals surface area contributed by atoms with E-state index in [0.29, 0.717) is 34.3 Å². The van der Waals surface area contributed by atoms with Crippen LogP contribution in [0.15, 0.2) is 47.1 Å². The van der Waals surface area contributed by atoms with Gasteiger partial charge in [0.05, 0.1) is 18.7 Å². The highest BCUT2D eigenvalue weighted by atomic mass is 35.5. The van der Waals surface area contributed by atoms with E-state index in [1.807, 2.05) is 6.92 Å². The molecule has 0 saturated heterocycles. The Kier molecular flexibility index (Phi) is 6.43. The molecule has 1 aliphatic heterocycles. The van der Waals surface area contributed by atoms with Crippen molar-refractivity contribution in [2.45, 2.75) is 6.92 Å². The number of ether oxygens (including phenoxy) is 4. The molecule has 148 valence electrons. The smallest absolute Gasteiger partial charge is 0.363 e. The second kappa shape index (κ2) is 9.18. The molecular formula is C22H18ClNO5. The zero-order valence-electron chi connectivity index (χ0n) is 15.9. The first-order valence-corrected chi connectivity index (χ1v) is 9.13. The molecule has 0 aromatic heterocycles. The average Bonchev–Trinajstić information content (AvgIpc) is 3.08. The third kappa shape index (κ3) is 4.71. The predicted octanol–water partition coefficient (Wildman–Crippen LogP) is 4.10. The Bertz CT molecular complexity index is 1020. The van der Waals surface area contributed by atoms with Crippen LogP contribution in [0.4, 0.5) is 0 Å². The lowest BCUT2D eigenvalue weighted by Gasteiger charge is -2.11. The van der Waals surface area contributed by atoms with Crippen LogP contribution in [0, 0.1) is 12.3 Å². The van der Waals surface area contributed by atoms with Gasteiger partial charge in [-0.1, -0.05) is 17.5 Å². The van der Waals surface area contributed by atoms with Gasteiger partial charge in [-0.05, 0) is 55.0 Å². The van der Waals surface area contributed by atoms with Crippen molar-refractivity contribution in [3.63, 3.8) is 0 Å². The van der Waals surface area contributed by atoms with Gasteiger partial charge in [0.2, 0.25) is 5.90 Å². The van der Waals surface area contributed by atoms with Gasteiger partial charge in [-0.2, -0.15) is 0 Å². The Morgan fingerprint density at radius 1 is 1.24 bits per heavy atom. The molecule has 1 aliphatic rings. The number of hydrogen-bond donors (Lipinski definition) is 0. The molecule has 0 amide bonds. The third-order valence-electron chi connectivity index (χ3n) is 3.89. The number of cyclic esters (lactones) is 1. The van der Waals surface area contributed by atoms with Crippen LogP contribution >= 0.6 is 11.6 Å². The number of aliphatic imine (C=N–C) groups is 1. The van der Waals surface area contributed by atoms with Gasteiger partial charge in [0, 0.05) is 5.56 Å². The van der Waals surface area contributed by atoms with Gasteiger partial charge in [-0.25, -0.2) is 9.79 Å². The molecule has 0 saturated carbocycles. The number of carbonyl (C=O) groups excluding carboxylic acids is 1. The van der Waals surface area contributed by atoms with Crippen LogP contribution in [-0.2, 0) is 9.53 Å². The predicted molar refractivity (Wildman–Crippen MR) is 111 cm³/mol. The van der Waals surface area contributed by atoms with Crippen molar-refractivity contribution >= 4 is 29.5 Å². The first-order valence-electron chi connectivity index (χ1n) is 8.75. The summed E-state index contributed by atoms with van der Waals surface area (Å²) >= 11 is 6.27. The molecule has 0 bridgehead atoms. The van der Waals surface area contributed by atoms with Crippen LogP contribution in [0.2, 0.25) is 5.02 Å². The maximum atomic E-state index is 12.2. The molecule has 0 radical (unpaired) electrons. The normalized spacial score (nSPS) is 14.2. The molecule has 0 unspecified atom stereocenters. The highest BCUT2D eigenvalue weighted by Gasteiger charge is 2.24. The monoisotopic (exact) mass is 411 g/mol. The van der Waals surface area contributed by atoms with Crippen molar-refractivity contribution in [2.24, 2.45) is 4.99 Å². The minimum Gasteiger partial charge on any atom is -0.494 e. The van der Waals surface area contributed by atoms with Gasteiger partial charge in [0.1, 0.15) is 12.4 Å². The maximum absolute atomic E-state index is 12.2. The van der Waals surface area contributed by atoms with Crippen LogP contribution in [0.3, 0.4) is 0 Å². The molecule has 0 fully saturated rings. The van der Waals surface area contributed by atoms with E-state index in [9.17, 15) is 4.79 Å². The van der Waals surface area contributed by atoms with Crippen LogP contribution in [-0.4, -0.2) is 32.2 Å². The summed E-state index contributed by atoms with van der Waals surface area (Å²) in [6.45, 7) is 2.53. The minimum atomic E-state index is -0.559. The van der Waals surface area contributed by atoms with Gasteiger partial charge in [-0.15, -0.1) is 6.42 Å². The number of carbonyl (C=O) groups is 1. The fourth-order valence-corrected chi connectivity index (χ4v) is 2.90. The molecule has 3 rings (SSSR count). The minimum absolute atomic E-state index is 0.0541. The summed E-state index contributed by atoms with van der Waals surface area (Å²) in [5.41, 5.74) is 1.41. The molecule has 29 heavy (non-hydrogen) atoms. The van der Waals surface area contributed by atoms with Crippen molar-refractivity contribution in [1.29, 1.82) is 0 Å². The Morgan fingerprint density at radius 3 is 2.66 bits per heavy atom. The van der Waals surface area contributed by atoms with E-state index < -0.39 is 5.97 Å². The fourth-order valence-electron chi connectivity index (χ4n) is 2.63. The molecule has 0 N–H and O–H groups in total. The SMILES string of the molecule is C#CCOc1c(Cl)cc(/C=C2\N=C(c3ccc(OCC)cc3)OC2=O)cc1OC. The summed E-state index contributed by atoms with van der Waals surface area (Å²) < 4.78 is 21.4. The molecule has 7 heteroatoms. The zero-order valence-corrected chi connectivity index (χ0v) is 16.7. The number of esters is 1. The summed E-state index contributed by atoms with van der Waals surface area (Å²) in [7, 11) is 1.48. The standard InChI is InChI=1S/C22H18ClNO5/c1-4-10-28-20-17(23)11-14(13-19(20)26-3)12-18-22(25)29-21(24-18)15-6-8-16(9-7-15)27-5-2/h1,6-9,11-13H,5,10H2,2-3H3/b18-12-. The molecule has 0 spiro atoms. The molecule has 6 nitrogen and oxygen atoms in total. The van der Waals surface area contributed by atoms with E-state index in [1.54, 1.807) is 42.5 Å². The maximum Gasteiger partial charge on any atom is 0.363 e. The van der Waals surface area contributed by atoms with Gasteiger partial charge in [0.15, 0.2) is 17.2 Å². The number of terminal acetylenes is 1. The number of benzene rings is 2. The van der Waals surface area contributed by atoms with Crippen molar-refractivity contribution in [2.75, 3.05) is 20.3 Å². The molecule has 0 atom stereocenters. The van der Waals surface area contributed by atoms with E-state index in [0.717, 1.165) is 5.75 Å². The van der Waals surface area contributed by atoms with Gasteiger partial charge in [0.25, 0.3) is 0 Å². The van der Waals surface area contributed by atoms with Gasteiger partial charge < -0.3 is 18.9 Å². The van der Waals surface area contributed by atoms with E-state index in [-0.39, 0.29) is 18.2 Å². The van der Waals surface area contributed by atoms with Crippen LogP contribution in [0.5, 0.6) is 17.2 Å². The van der Waals surface area contributed by atoms with Crippen molar-refractivity contribution in [3.8, 4) is 29.6 Å². The van der Waals surface area contributed by atoms with Crippen LogP contribution in [0.25, 0.3) is 6.08 Å². The first kappa shape index (κ1) is 20.3. The van der Waals surface area contributed by atoms with Crippen molar-refractivity contribution < 1.29 is 23.7 Å². The van der Waals surface area contributed by atoms with E-state index >= 15 is 0 Å². The Morgan fingerprint density at radius 2 is 2.00 bits per heavy atom. The van der Waals surface area contributed by atoms with E-state index in [4.69, 9.17) is 37.0 Å². The Labute approximate surface area is 173 Å². The molecule has 1 heterocycles. The molecule has 0 aliphatic carbocycles. The first-order chi connectivity index (χ1) is 14.0. The highest BCUT2D eigenvalue weighted by molar-refractivity contribution is 6.32. The summed E-state index contributed by atoms with van der Waals surface area (Å²) in [5, 5.41) is 0.300.